The number of carbonyl (C=O) groups is 1. The minimum absolute atomic E-state index is 0.0158. The summed E-state index contributed by atoms with van der Waals surface area (Å²) in [7, 11) is 0. The summed E-state index contributed by atoms with van der Waals surface area (Å²) in [5, 5.41) is 1.95. The van der Waals surface area contributed by atoms with Crippen LogP contribution in [0.25, 0.3) is 4.96 Å². The summed E-state index contributed by atoms with van der Waals surface area (Å²) in [5.41, 5.74) is 2.52. The Morgan fingerprint density at radius 2 is 1.96 bits per heavy atom. The van der Waals surface area contributed by atoms with Gasteiger partial charge in [-0.25, -0.2) is 4.98 Å². The van der Waals surface area contributed by atoms with E-state index in [0.29, 0.717) is 6.54 Å². The Kier molecular flexibility index (Phi) is 4.70. The molecule has 0 amide bonds. The van der Waals surface area contributed by atoms with E-state index >= 15 is 0 Å². The first-order valence-corrected chi connectivity index (χ1v) is 9.78. The number of carbonyl (C=O) groups excluding carboxylic acids is 1. The molecule has 0 unspecified atom stereocenters. The van der Waals surface area contributed by atoms with Gasteiger partial charge in [0.25, 0.3) is 5.56 Å². The SMILES string of the molecule is Cc1csc2nc(CN3CCC(C(=O)c4ccccc4)CC3)cc(=O)n12. The summed E-state index contributed by atoms with van der Waals surface area (Å²) in [6.07, 6.45) is 1.71. The zero-order valence-electron chi connectivity index (χ0n) is 14.7. The number of rotatable bonds is 4. The van der Waals surface area contributed by atoms with Crippen LogP contribution in [-0.2, 0) is 6.54 Å². The first-order valence-electron chi connectivity index (χ1n) is 8.90. The van der Waals surface area contributed by atoms with Crippen LogP contribution < -0.4 is 5.56 Å². The average molecular weight is 367 g/mol. The highest BCUT2D eigenvalue weighted by Crippen LogP contribution is 2.23. The van der Waals surface area contributed by atoms with Gasteiger partial charge in [0, 0.05) is 35.2 Å². The van der Waals surface area contributed by atoms with Gasteiger partial charge in [0.2, 0.25) is 0 Å². The van der Waals surface area contributed by atoms with Crippen LogP contribution in [0.1, 0.15) is 34.6 Å². The van der Waals surface area contributed by atoms with Crippen LogP contribution in [0.2, 0.25) is 0 Å². The largest absolute Gasteiger partial charge is 0.297 e. The molecule has 3 aromatic rings. The summed E-state index contributed by atoms with van der Waals surface area (Å²) >= 11 is 1.49. The molecule has 0 spiro atoms. The number of benzene rings is 1. The molecule has 6 heteroatoms. The van der Waals surface area contributed by atoms with E-state index in [1.807, 2.05) is 42.6 Å². The summed E-state index contributed by atoms with van der Waals surface area (Å²) in [6.45, 7) is 4.29. The summed E-state index contributed by atoms with van der Waals surface area (Å²) in [4.78, 5) is 32.5. The molecular weight excluding hydrogens is 346 g/mol. The standard InChI is InChI=1S/C20H21N3O2S/c1-14-13-26-20-21-17(11-18(24)23(14)20)12-22-9-7-16(8-10-22)19(25)15-5-3-2-4-6-15/h2-6,11,13,16H,7-10,12H2,1H3. The molecule has 2 aromatic heterocycles. The topological polar surface area (TPSA) is 54.7 Å². The van der Waals surface area contributed by atoms with Crippen molar-refractivity contribution < 1.29 is 4.79 Å². The predicted molar refractivity (Wildman–Crippen MR) is 103 cm³/mol. The van der Waals surface area contributed by atoms with Gasteiger partial charge in [0.05, 0.1) is 5.69 Å². The number of ketones is 1. The van der Waals surface area contributed by atoms with Crippen molar-refractivity contribution in [3.8, 4) is 0 Å². The Morgan fingerprint density at radius 1 is 1.23 bits per heavy atom. The quantitative estimate of drug-likeness (QED) is 0.665. The first-order chi connectivity index (χ1) is 12.6. The maximum atomic E-state index is 12.6. The van der Waals surface area contributed by atoms with Crippen LogP contribution in [0, 0.1) is 12.8 Å². The Morgan fingerprint density at radius 3 is 2.69 bits per heavy atom. The number of aromatic nitrogens is 2. The van der Waals surface area contributed by atoms with E-state index in [4.69, 9.17) is 0 Å². The molecule has 134 valence electrons. The third kappa shape index (κ3) is 3.34. The van der Waals surface area contributed by atoms with Crippen molar-refractivity contribution in [2.75, 3.05) is 13.1 Å². The lowest BCUT2D eigenvalue weighted by molar-refractivity contribution is 0.0834. The van der Waals surface area contributed by atoms with Crippen molar-refractivity contribution >= 4 is 22.1 Å². The van der Waals surface area contributed by atoms with Crippen molar-refractivity contribution in [3.63, 3.8) is 0 Å². The summed E-state index contributed by atoms with van der Waals surface area (Å²) < 4.78 is 1.65. The fourth-order valence-corrected chi connectivity index (χ4v) is 4.49. The Hall–Kier alpha value is -2.31. The maximum absolute atomic E-state index is 12.6. The number of thiazole rings is 1. The molecule has 1 aromatic carbocycles. The highest BCUT2D eigenvalue weighted by Gasteiger charge is 2.26. The lowest BCUT2D eigenvalue weighted by Crippen LogP contribution is -2.36. The van der Waals surface area contributed by atoms with Gasteiger partial charge in [0.15, 0.2) is 10.7 Å². The maximum Gasteiger partial charge on any atom is 0.259 e. The van der Waals surface area contributed by atoms with Gasteiger partial charge in [-0.05, 0) is 32.9 Å². The van der Waals surface area contributed by atoms with E-state index < -0.39 is 0 Å². The molecule has 4 rings (SSSR count). The smallest absolute Gasteiger partial charge is 0.259 e. The Balaban J connectivity index is 1.41. The van der Waals surface area contributed by atoms with Crippen molar-refractivity contribution in [2.45, 2.75) is 26.3 Å². The van der Waals surface area contributed by atoms with Crippen molar-refractivity contribution in [1.82, 2.24) is 14.3 Å². The highest BCUT2D eigenvalue weighted by atomic mass is 32.1. The molecule has 1 aliphatic rings. The van der Waals surface area contributed by atoms with Crippen molar-refractivity contribution in [1.29, 1.82) is 0 Å². The van der Waals surface area contributed by atoms with E-state index in [1.54, 1.807) is 10.5 Å². The molecule has 0 N–H and O–H groups in total. The van der Waals surface area contributed by atoms with Gasteiger partial charge in [-0.1, -0.05) is 30.3 Å². The zero-order valence-corrected chi connectivity index (χ0v) is 15.5. The number of nitrogens with zero attached hydrogens (tertiary/aromatic N) is 3. The molecular formula is C20H21N3O2S. The molecule has 5 nitrogen and oxygen atoms in total. The number of likely N-dealkylation sites (tertiary alicyclic amines) is 1. The lowest BCUT2D eigenvalue weighted by Gasteiger charge is -2.31. The molecule has 1 aliphatic heterocycles. The third-order valence-corrected chi connectivity index (χ3v) is 5.97. The second-order valence-corrected chi connectivity index (χ2v) is 7.70. The highest BCUT2D eigenvalue weighted by molar-refractivity contribution is 7.15. The third-order valence-electron chi connectivity index (χ3n) is 5.03. The number of hydrogen-bond donors (Lipinski definition) is 0. The number of fused-ring (bicyclic) bond motifs is 1. The molecule has 0 saturated carbocycles. The van der Waals surface area contributed by atoms with E-state index in [-0.39, 0.29) is 17.3 Å². The van der Waals surface area contributed by atoms with Gasteiger partial charge in [-0.3, -0.25) is 18.9 Å². The van der Waals surface area contributed by atoms with Gasteiger partial charge in [0.1, 0.15) is 0 Å². The fourth-order valence-electron chi connectivity index (χ4n) is 3.60. The number of piperidine rings is 1. The fraction of sp³-hybridized carbons (Fsp3) is 0.350. The van der Waals surface area contributed by atoms with Gasteiger partial charge >= 0.3 is 0 Å². The van der Waals surface area contributed by atoms with E-state index in [2.05, 4.69) is 9.88 Å². The minimum Gasteiger partial charge on any atom is -0.297 e. The normalized spacial score (nSPS) is 16.2. The van der Waals surface area contributed by atoms with Crippen LogP contribution >= 0.6 is 11.3 Å². The molecule has 3 heterocycles. The molecule has 1 saturated heterocycles. The molecule has 0 radical (unpaired) electrons. The number of aryl methyl sites for hydroxylation is 1. The second kappa shape index (κ2) is 7.13. The number of Topliss-reactive ketones (excluding diaryl/α,β-unsaturated/α-hetero) is 1. The van der Waals surface area contributed by atoms with Crippen LogP contribution in [0.15, 0.2) is 46.6 Å². The average Bonchev–Trinajstić information content (AvgIpc) is 3.04. The molecule has 0 bridgehead atoms. The molecule has 26 heavy (non-hydrogen) atoms. The summed E-state index contributed by atoms with van der Waals surface area (Å²) in [5.74, 6) is 0.340. The zero-order chi connectivity index (χ0) is 18.1. The van der Waals surface area contributed by atoms with Gasteiger partial charge in [-0.15, -0.1) is 11.3 Å². The summed E-state index contributed by atoms with van der Waals surface area (Å²) in [6, 6.07) is 11.2. The minimum atomic E-state index is -0.0158. The number of hydrogen-bond acceptors (Lipinski definition) is 5. The van der Waals surface area contributed by atoms with Crippen LogP contribution in [0.5, 0.6) is 0 Å². The van der Waals surface area contributed by atoms with E-state index in [1.165, 1.54) is 11.3 Å². The van der Waals surface area contributed by atoms with Crippen LogP contribution in [-0.4, -0.2) is 33.2 Å². The predicted octanol–water partition coefficient (Wildman–Crippen LogP) is 3.16. The molecule has 1 fully saturated rings. The van der Waals surface area contributed by atoms with Gasteiger partial charge < -0.3 is 0 Å². The Labute approximate surface area is 155 Å². The van der Waals surface area contributed by atoms with Gasteiger partial charge in [-0.2, -0.15) is 0 Å². The van der Waals surface area contributed by atoms with Crippen LogP contribution in [0.4, 0.5) is 0 Å². The lowest BCUT2D eigenvalue weighted by atomic mass is 9.89. The van der Waals surface area contributed by atoms with E-state index in [0.717, 1.165) is 47.8 Å². The van der Waals surface area contributed by atoms with E-state index in [9.17, 15) is 9.59 Å². The Bertz CT molecular complexity index is 985. The van der Waals surface area contributed by atoms with Crippen LogP contribution in [0.3, 0.4) is 0 Å². The monoisotopic (exact) mass is 367 g/mol. The molecule has 0 aliphatic carbocycles. The van der Waals surface area contributed by atoms with Crippen molar-refractivity contribution in [3.05, 3.63) is 69.1 Å². The first kappa shape index (κ1) is 17.1. The second-order valence-electron chi connectivity index (χ2n) is 6.86. The molecule has 0 atom stereocenters. The van der Waals surface area contributed by atoms with Crippen molar-refractivity contribution in [2.24, 2.45) is 5.92 Å².